The first-order chi connectivity index (χ1) is 12.4. The van der Waals surface area contributed by atoms with E-state index in [4.69, 9.17) is 0 Å². The van der Waals surface area contributed by atoms with Gasteiger partial charge in [-0.3, -0.25) is 0 Å². The second-order valence-corrected chi connectivity index (χ2v) is 8.31. The van der Waals surface area contributed by atoms with Gasteiger partial charge in [-0.25, -0.2) is 13.4 Å². The van der Waals surface area contributed by atoms with Crippen LogP contribution in [0.25, 0.3) is 0 Å². The van der Waals surface area contributed by atoms with Crippen LogP contribution in [-0.2, 0) is 10.0 Å². The molecule has 2 heterocycles. The van der Waals surface area contributed by atoms with Crippen molar-refractivity contribution in [2.24, 2.45) is 0 Å². The number of alkyl halides is 2. The van der Waals surface area contributed by atoms with Gasteiger partial charge < -0.3 is 9.64 Å². The minimum atomic E-state index is -3.58. The van der Waals surface area contributed by atoms with Crippen LogP contribution in [0, 0.1) is 0 Å². The van der Waals surface area contributed by atoms with Gasteiger partial charge >= 0.3 is 6.61 Å². The summed E-state index contributed by atoms with van der Waals surface area (Å²) >= 11 is 3.28. The third-order valence-corrected chi connectivity index (χ3v) is 6.87. The van der Waals surface area contributed by atoms with E-state index >= 15 is 0 Å². The highest BCUT2D eigenvalue weighted by Crippen LogP contribution is 2.26. The Morgan fingerprint density at radius 3 is 2.35 bits per heavy atom. The summed E-state index contributed by atoms with van der Waals surface area (Å²) in [4.78, 5) is 6.24. The maximum absolute atomic E-state index is 12.8. The van der Waals surface area contributed by atoms with Crippen LogP contribution >= 0.6 is 15.9 Å². The van der Waals surface area contributed by atoms with Crippen molar-refractivity contribution in [1.29, 1.82) is 0 Å². The predicted octanol–water partition coefficient (Wildman–Crippen LogP) is 2.96. The zero-order chi connectivity index (χ0) is 18.7. The zero-order valence-electron chi connectivity index (χ0n) is 13.6. The molecular weight excluding hydrogens is 432 g/mol. The SMILES string of the molecule is O=S(=O)(c1ccccc1Br)N1CCN(c2ccc(OC(F)F)cn2)CC1. The van der Waals surface area contributed by atoms with Crippen molar-refractivity contribution in [3.05, 3.63) is 47.1 Å². The van der Waals surface area contributed by atoms with Gasteiger partial charge in [-0.2, -0.15) is 13.1 Å². The number of pyridine rings is 1. The highest BCUT2D eigenvalue weighted by Gasteiger charge is 2.30. The molecule has 0 spiro atoms. The third kappa shape index (κ3) is 4.13. The quantitative estimate of drug-likeness (QED) is 0.704. The summed E-state index contributed by atoms with van der Waals surface area (Å²) in [5.41, 5.74) is 0. The van der Waals surface area contributed by atoms with E-state index in [2.05, 4.69) is 25.7 Å². The zero-order valence-corrected chi connectivity index (χ0v) is 16.0. The fourth-order valence-electron chi connectivity index (χ4n) is 2.68. The highest BCUT2D eigenvalue weighted by atomic mass is 79.9. The molecule has 2 aromatic rings. The predicted molar refractivity (Wildman–Crippen MR) is 96.0 cm³/mol. The van der Waals surface area contributed by atoms with Crippen LogP contribution < -0.4 is 9.64 Å². The van der Waals surface area contributed by atoms with E-state index in [1.54, 1.807) is 30.3 Å². The van der Waals surface area contributed by atoms with Crippen molar-refractivity contribution in [1.82, 2.24) is 9.29 Å². The van der Waals surface area contributed by atoms with Crippen molar-refractivity contribution in [3.8, 4) is 5.75 Å². The lowest BCUT2D eigenvalue weighted by Gasteiger charge is -2.34. The second-order valence-electron chi connectivity index (χ2n) is 5.55. The molecule has 3 rings (SSSR count). The second kappa shape index (κ2) is 7.85. The summed E-state index contributed by atoms with van der Waals surface area (Å²) < 4.78 is 56.1. The molecular formula is C16H16BrF2N3O3S. The molecule has 1 aromatic carbocycles. The number of ether oxygens (including phenoxy) is 1. The first-order valence-corrected chi connectivity index (χ1v) is 10.0. The first-order valence-electron chi connectivity index (χ1n) is 7.78. The largest absolute Gasteiger partial charge is 0.433 e. The molecule has 10 heteroatoms. The number of hydrogen-bond acceptors (Lipinski definition) is 5. The van der Waals surface area contributed by atoms with Gasteiger partial charge in [-0.05, 0) is 40.2 Å². The van der Waals surface area contributed by atoms with Gasteiger partial charge in [0.15, 0.2) is 0 Å². The van der Waals surface area contributed by atoms with Gasteiger partial charge in [0, 0.05) is 30.7 Å². The molecule has 26 heavy (non-hydrogen) atoms. The number of nitrogens with zero attached hydrogens (tertiary/aromatic N) is 3. The van der Waals surface area contributed by atoms with Crippen molar-refractivity contribution < 1.29 is 21.9 Å². The number of halogens is 3. The van der Waals surface area contributed by atoms with E-state index in [0.29, 0.717) is 36.5 Å². The molecule has 140 valence electrons. The fourth-order valence-corrected chi connectivity index (χ4v) is 5.07. The smallest absolute Gasteiger partial charge is 0.387 e. The van der Waals surface area contributed by atoms with Crippen LogP contribution in [0.1, 0.15) is 0 Å². The average Bonchev–Trinajstić information content (AvgIpc) is 2.62. The number of hydrogen-bond donors (Lipinski definition) is 0. The van der Waals surface area contributed by atoms with Gasteiger partial charge in [0.2, 0.25) is 10.0 Å². The number of piperazine rings is 1. The highest BCUT2D eigenvalue weighted by molar-refractivity contribution is 9.10. The van der Waals surface area contributed by atoms with E-state index in [-0.39, 0.29) is 10.6 Å². The minimum Gasteiger partial charge on any atom is -0.433 e. The Morgan fingerprint density at radius 1 is 1.08 bits per heavy atom. The molecule has 1 saturated heterocycles. The van der Waals surface area contributed by atoms with E-state index in [1.807, 2.05) is 4.90 Å². The Balaban J connectivity index is 1.66. The summed E-state index contributed by atoms with van der Waals surface area (Å²) in [6, 6.07) is 9.69. The Bertz CT molecular complexity index is 857. The molecule has 0 atom stereocenters. The Morgan fingerprint density at radius 2 is 1.77 bits per heavy atom. The van der Waals surface area contributed by atoms with Gasteiger partial charge in [0.05, 0.1) is 11.1 Å². The molecule has 0 saturated carbocycles. The van der Waals surface area contributed by atoms with E-state index in [0.717, 1.165) is 0 Å². The molecule has 1 fully saturated rings. The molecule has 1 aliphatic heterocycles. The average molecular weight is 448 g/mol. The number of sulfonamides is 1. The molecule has 0 unspecified atom stereocenters. The summed E-state index contributed by atoms with van der Waals surface area (Å²) in [5, 5.41) is 0. The molecule has 6 nitrogen and oxygen atoms in total. The standard InChI is InChI=1S/C16H16BrF2N3O3S/c17-13-3-1-2-4-14(13)26(23,24)22-9-7-21(8-10-22)15-6-5-12(11-20-15)25-16(18)19/h1-6,11,16H,7-10H2. The van der Waals surface area contributed by atoms with E-state index in [1.165, 1.54) is 16.6 Å². The normalized spacial score (nSPS) is 16.1. The van der Waals surface area contributed by atoms with Crippen LogP contribution in [0.3, 0.4) is 0 Å². The maximum Gasteiger partial charge on any atom is 0.387 e. The van der Waals surface area contributed by atoms with Crippen LogP contribution in [0.15, 0.2) is 52.0 Å². The molecule has 0 radical (unpaired) electrons. The molecule has 0 bridgehead atoms. The van der Waals surface area contributed by atoms with Crippen molar-refractivity contribution >= 4 is 31.8 Å². The number of benzene rings is 1. The minimum absolute atomic E-state index is 0.0149. The Labute approximate surface area is 158 Å². The lowest BCUT2D eigenvalue weighted by atomic mass is 10.3. The van der Waals surface area contributed by atoms with Crippen LogP contribution in [0.4, 0.5) is 14.6 Å². The summed E-state index contributed by atoms with van der Waals surface area (Å²) in [6.07, 6.45) is 1.23. The maximum atomic E-state index is 12.8. The van der Waals surface area contributed by atoms with Gasteiger partial charge in [0.1, 0.15) is 11.6 Å². The van der Waals surface area contributed by atoms with Crippen LogP contribution in [0.2, 0.25) is 0 Å². The first kappa shape index (κ1) is 19.0. The Kier molecular flexibility index (Phi) is 5.73. The fraction of sp³-hybridized carbons (Fsp3) is 0.312. The third-order valence-electron chi connectivity index (χ3n) is 3.96. The molecule has 0 aliphatic carbocycles. The van der Waals surface area contributed by atoms with E-state index < -0.39 is 16.6 Å². The number of aromatic nitrogens is 1. The van der Waals surface area contributed by atoms with Gasteiger partial charge in [-0.1, -0.05) is 12.1 Å². The van der Waals surface area contributed by atoms with Crippen molar-refractivity contribution in [2.75, 3.05) is 31.1 Å². The van der Waals surface area contributed by atoms with E-state index in [9.17, 15) is 17.2 Å². The van der Waals surface area contributed by atoms with Crippen molar-refractivity contribution in [3.63, 3.8) is 0 Å². The molecule has 1 aromatic heterocycles. The topological polar surface area (TPSA) is 62.7 Å². The summed E-state index contributed by atoms with van der Waals surface area (Å²) in [7, 11) is -3.58. The monoisotopic (exact) mass is 447 g/mol. The summed E-state index contributed by atoms with van der Waals surface area (Å²) in [5.74, 6) is 0.573. The van der Waals surface area contributed by atoms with Crippen molar-refractivity contribution in [2.45, 2.75) is 11.5 Å². The number of rotatable bonds is 5. The molecule has 1 aliphatic rings. The number of anilines is 1. The lowest BCUT2D eigenvalue weighted by Crippen LogP contribution is -2.49. The van der Waals surface area contributed by atoms with Crippen LogP contribution in [0.5, 0.6) is 5.75 Å². The molecule has 0 N–H and O–H groups in total. The van der Waals surface area contributed by atoms with Crippen LogP contribution in [-0.4, -0.2) is 50.5 Å². The Hall–Kier alpha value is -1.78. The lowest BCUT2D eigenvalue weighted by molar-refractivity contribution is -0.0500. The summed E-state index contributed by atoms with van der Waals surface area (Å²) in [6.45, 7) is -1.38. The molecule has 0 amide bonds. The van der Waals surface area contributed by atoms with Gasteiger partial charge in [0.25, 0.3) is 0 Å². The van der Waals surface area contributed by atoms with Gasteiger partial charge in [-0.15, -0.1) is 0 Å².